The van der Waals surface area contributed by atoms with Crippen LogP contribution in [0.1, 0.15) is 6.42 Å². The molecular weight excluding hydrogens is 130 g/mol. The molecule has 0 fully saturated rings. The van der Waals surface area contributed by atoms with Gasteiger partial charge in [0.1, 0.15) is 0 Å². The van der Waals surface area contributed by atoms with Crippen LogP contribution in [0, 0.1) is 0 Å². The van der Waals surface area contributed by atoms with E-state index in [-0.39, 0.29) is 5.97 Å². The second-order valence-electron chi connectivity index (χ2n) is 1.95. The molecule has 0 aromatic heterocycles. The summed E-state index contributed by atoms with van der Waals surface area (Å²) in [6.07, 6.45) is 0.642. The van der Waals surface area contributed by atoms with E-state index in [4.69, 9.17) is 0 Å². The average Bonchev–Trinajstić information content (AvgIpc) is 1.98. The Hall–Kier alpha value is -0.830. The highest BCUT2D eigenvalue weighted by Crippen LogP contribution is 1.97. The van der Waals surface area contributed by atoms with Crippen molar-refractivity contribution in [2.24, 2.45) is 0 Å². The average molecular weight is 143 g/mol. The summed E-state index contributed by atoms with van der Waals surface area (Å²) in [6.45, 7) is 4.31. The van der Waals surface area contributed by atoms with E-state index in [1.54, 1.807) is 0 Å². The van der Waals surface area contributed by atoms with Crippen LogP contribution in [0.25, 0.3) is 0 Å². The number of esters is 1. The van der Waals surface area contributed by atoms with Crippen molar-refractivity contribution in [2.75, 3.05) is 20.7 Å². The predicted octanol–water partition coefficient (Wildman–Crippen LogP) is 0.325. The van der Waals surface area contributed by atoms with Crippen LogP contribution < -0.4 is 5.32 Å². The lowest BCUT2D eigenvalue weighted by Gasteiger charge is -2.01. The number of ether oxygens (including phenoxy) is 1. The Balaban J connectivity index is 3.52. The minimum atomic E-state index is -0.324. The normalized spacial score (nSPS) is 9.00. The van der Waals surface area contributed by atoms with Crippen molar-refractivity contribution in [1.29, 1.82) is 0 Å². The molecule has 0 aliphatic rings. The molecule has 0 saturated carbocycles. The molecule has 0 bridgehead atoms. The second-order valence-corrected chi connectivity index (χ2v) is 1.95. The van der Waals surface area contributed by atoms with Crippen LogP contribution in [-0.4, -0.2) is 26.7 Å². The number of methoxy groups -OCH3 is 1. The molecule has 0 heterocycles. The first-order chi connectivity index (χ1) is 4.72. The summed E-state index contributed by atoms with van der Waals surface area (Å²) in [5.74, 6) is -0.324. The van der Waals surface area contributed by atoms with Crippen molar-refractivity contribution in [1.82, 2.24) is 5.32 Å². The van der Waals surface area contributed by atoms with Crippen LogP contribution in [-0.2, 0) is 9.53 Å². The molecule has 0 saturated heterocycles. The zero-order valence-corrected chi connectivity index (χ0v) is 6.44. The monoisotopic (exact) mass is 143 g/mol. The van der Waals surface area contributed by atoms with Gasteiger partial charge in [0, 0.05) is 5.57 Å². The summed E-state index contributed by atoms with van der Waals surface area (Å²) in [4.78, 5) is 10.7. The molecule has 1 N–H and O–H groups in total. The molecule has 0 amide bonds. The fourth-order valence-electron chi connectivity index (χ4n) is 0.522. The molecule has 0 radical (unpaired) electrons. The summed E-state index contributed by atoms with van der Waals surface area (Å²) in [5.41, 5.74) is 0.511. The highest BCUT2D eigenvalue weighted by Gasteiger charge is 2.03. The van der Waals surface area contributed by atoms with Crippen LogP contribution in [0.15, 0.2) is 12.2 Å². The summed E-state index contributed by atoms with van der Waals surface area (Å²) in [7, 11) is 3.18. The SMILES string of the molecule is C=C(CCNC)C(=O)OC. The standard InChI is InChI=1S/C7H13NO2/c1-6(4-5-8-2)7(9)10-3/h8H,1,4-5H2,2-3H3. The third kappa shape index (κ3) is 3.25. The highest BCUT2D eigenvalue weighted by molar-refractivity contribution is 5.87. The molecule has 3 nitrogen and oxygen atoms in total. The lowest BCUT2D eigenvalue weighted by Crippen LogP contribution is -2.12. The van der Waals surface area contributed by atoms with Crippen molar-refractivity contribution < 1.29 is 9.53 Å². The smallest absolute Gasteiger partial charge is 0.333 e. The molecule has 10 heavy (non-hydrogen) atoms. The lowest BCUT2D eigenvalue weighted by molar-refractivity contribution is -0.136. The Morgan fingerprint density at radius 2 is 2.30 bits per heavy atom. The Labute approximate surface area is 61.1 Å². The van der Waals surface area contributed by atoms with Gasteiger partial charge in [-0.1, -0.05) is 6.58 Å². The van der Waals surface area contributed by atoms with E-state index >= 15 is 0 Å². The second kappa shape index (κ2) is 4.99. The van der Waals surface area contributed by atoms with Gasteiger partial charge in [-0.05, 0) is 20.0 Å². The third-order valence-electron chi connectivity index (χ3n) is 1.15. The molecule has 0 spiro atoms. The van der Waals surface area contributed by atoms with E-state index < -0.39 is 0 Å². The molecule has 0 rings (SSSR count). The fraction of sp³-hybridized carbons (Fsp3) is 0.571. The number of nitrogens with one attached hydrogen (secondary N) is 1. The summed E-state index contributed by atoms with van der Waals surface area (Å²) in [5, 5.41) is 2.91. The van der Waals surface area contributed by atoms with Crippen LogP contribution in [0.2, 0.25) is 0 Å². The summed E-state index contributed by atoms with van der Waals surface area (Å²) >= 11 is 0. The Bertz CT molecular complexity index is 132. The zero-order chi connectivity index (χ0) is 7.98. The molecule has 0 aromatic carbocycles. The van der Waals surface area contributed by atoms with Crippen LogP contribution in [0.4, 0.5) is 0 Å². The van der Waals surface area contributed by atoms with E-state index in [1.165, 1.54) is 7.11 Å². The molecule has 0 unspecified atom stereocenters. The quantitative estimate of drug-likeness (QED) is 0.455. The van der Waals surface area contributed by atoms with Crippen molar-refractivity contribution in [3.8, 4) is 0 Å². The lowest BCUT2D eigenvalue weighted by atomic mass is 10.2. The van der Waals surface area contributed by atoms with Crippen LogP contribution in [0.5, 0.6) is 0 Å². The van der Waals surface area contributed by atoms with Crippen molar-refractivity contribution in [3.63, 3.8) is 0 Å². The molecular formula is C7H13NO2. The van der Waals surface area contributed by atoms with Gasteiger partial charge < -0.3 is 10.1 Å². The molecule has 0 aliphatic heterocycles. The maximum absolute atomic E-state index is 10.7. The summed E-state index contributed by atoms with van der Waals surface area (Å²) < 4.78 is 4.44. The van der Waals surface area contributed by atoms with Gasteiger partial charge in [0.25, 0.3) is 0 Å². The first-order valence-corrected chi connectivity index (χ1v) is 3.13. The Kier molecular flexibility index (Phi) is 4.58. The maximum atomic E-state index is 10.7. The van der Waals surface area contributed by atoms with Crippen LogP contribution in [0.3, 0.4) is 0 Å². The van der Waals surface area contributed by atoms with Gasteiger partial charge in [-0.25, -0.2) is 4.79 Å². The van der Waals surface area contributed by atoms with Gasteiger partial charge in [0.2, 0.25) is 0 Å². The first kappa shape index (κ1) is 9.17. The van der Waals surface area contributed by atoms with E-state index in [0.29, 0.717) is 12.0 Å². The van der Waals surface area contributed by atoms with Crippen molar-refractivity contribution >= 4 is 5.97 Å². The van der Waals surface area contributed by atoms with Gasteiger partial charge in [-0.2, -0.15) is 0 Å². The number of rotatable bonds is 4. The van der Waals surface area contributed by atoms with Gasteiger partial charge in [-0.15, -0.1) is 0 Å². The molecule has 58 valence electrons. The number of carbonyl (C=O) groups is 1. The predicted molar refractivity (Wildman–Crippen MR) is 39.7 cm³/mol. The molecule has 0 aromatic rings. The number of carbonyl (C=O) groups excluding carboxylic acids is 1. The van der Waals surface area contributed by atoms with Gasteiger partial charge in [0.15, 0.2) is 0 Å². The van der Waals surface area contributed by atoms with Crippen molar-refractivity contribution in [3.05, 3.63) is 12.2 Å². The summed E-state index contributed by atoms with van der Waals surface area (Å²) in [6, 6.07) is 0. The van der Waals surface area contributed by atoms with Crippen molar-refractivity contribution in [2.45, 2.75) is 6.42 Å². The maximum Gasteiger partial charge on any atom is 0.333 e. The Morgan fingerprint density at radius 1 is 1.70 bits per heavy atom. The molecule has 0 atom stereocenters. The van der Waals surface area contributed by atoms with E-state index in [9.17, 15) is 4.79 Å². The zero-order valence-electron chi connectivity index (χ0n) is 6.44. The van der Waals surface area contributed by atoms with Gasteiger partial charge in [0.05, 0.1) is 7.11 Å². The molecule has 0 aliphatic carbocycles. The van der Waals surface area contributed by atoms with Gasteiger partial charge >= 0.3 is 5.97 Å². The van der Waals surface area contributed by atoms with E-state index in [0.717, 1.165) is 6.54 Å². The van der Waals surface area contributed by atoms with Gasteiger partial charge in [-0.3, -0.25) is 0 Å². The van der Waals surface area contributed by atoms with E-state index in [2.05, 4.69) is 16.6 Å². The first-order valence-electron chi connectivity index (χ1n) is 3.13. The topological polar surface area (TPSA) is 38.3 Å². The largest absolute Gasteiger partial charge is 0.466 e. The number of hydrogen-bond acceptors (Lipinski definition) is 3. The van der Waals surface area contributed by atoms with Crippen LogP contribution >= 0.6 is 0 Å². The third-order valence-corrected chi connectivity index (χ3v) is 1.15. The number of hydrogen-bond donors (Lipinski definition) is 1. The minimum Gasteiger partial charge on any atom is -0.466 e. The minimum absolute atomic E-state index is 0.324. The Morgan fingerprint density at radius 3 is 2.70 bits per heavy atom. The molecule has 3 heteroatoms. The fourth-order valence-corrected chi connectivity index (χ4v) is 0.522. The van der Waals surface area contributed by atoms with E-state index in [1.807, 2.05) is 7.05 Å². The highest BCUT2D eigenvalue weighted by atomic mass is 16.5.